The minimum Gasteiger partial charge on any atom is -0.508 e. The number of Topliss-reactive ketones (excluding diaryl/α,β-unsaturated/α-hetero) is 1. The van der Waals surface area contributed by atoms with Crippen molar-refractivity contribution in [3.8, 4) is 17.0 Å². The maximum absolute atomic E-state index is 13.8. The van der Waals surface area contributed by atoms with E-state index in [4.69, 9.17) is 5.10 Å². The summed E-state index contributed by atoms with van der Waals surface area (Å²) in [5.41, 5.74) is 6.42. The van der Waals surface area contributed by atoms with E-state index in [1.165, 1.54) is 11.1 Å². The molecular weight excluding hydrogens is 408 g/mol. The first-order chi connectivity index (χ1) is 15.9. The van der Waals surface area contributed by atoms with E-state index in [0.29, 0.717) is 29.3 Å². The molecule has 2 fully saturated rings. The number of aromatic nitrogens is 2. The summed E-state index contributed by atoms with van der Waals surface area (Å²) in [5, 5.41) is 14.6. The summed E-state index contributed by atoms with van der Waals surface area (Å²) < 4.78 is 1.84. The lowest BCUT2D eigenvalue weighted by Crippen LogP contribution is -2.42. The first kappa shape index (κ1) is 20.5. The van der Waals surface area contributed by atoms with Gasteiger partial charge in [0.15, 0.2) is 5.78 Å². The molecule has 1 heterocycles. The number of aromatic hydroxyl groups is 1. The molecule has 0 saturated heterocycles. The lowest BCUT2D eigenvalue weighted by Gasteiger charge is -2.48. The molecule has 4 heteroatoms. The number of ketones is 1. The van der Waals surface area contributed by atoms with Crippen molar-refractivity contribution in [2.45, 2.75) is 44.9 Å². The average molecular weight is 439 g/mol. The Morgan fingerprint density at radius 1 is 1.15 bits per heavy atom. The molecule has 3 aromatic rings. The van der Waals surface area contributed by atoms with Crippen LogP contribution in [-0.2, 0) is 18.3 Å². The van der Waals surface area contributed by atoms with Crippen LogP contribution in [0.5, 0.6) is 5.75 Å². The first-order valence-electron chi connectivity index (χ1n) is 12.1. The maximum Gasteiger partial charge on any atom is 0.165 e. The van der Waals surface area contributed by atoms with E-state index in [9.17, 15) is 9.90 Å². The van der Waals surface area contributed by atoms with Gasteiger partial charge in [-0.25, -0.2) is 0 Å². The van der Waals surface area contributed by atoms with E-state index in [1.54, 1.807) is 0 Å². The molecule has 2 aromatic carbocycles. The number of allylic oxidation sites excluding steroid dienone is 1. The fourth-order valence-electron chi connectivity index (χ4n) is 6.99. The topological polar surface area (TPSA) is 55.1 Å². The third kappa shape index (κ3) is 3.18. The SMILES string of the molecule is Cn1cc(C=C2C[C@H]3[C@@H]4CCc5cc(O)ccc5[C@H]4CC[C@]3(C)C2=O)c(-c2ccccc2)n1. The van der Waals surface area contributed by atoms with Crippen LogP contribution < -0.4 is 0 Å². The second-order valence-corrected chi connectivity index (χ2v) is 10.4. The number of phenols is 1. The molecule has 3 aliphatic rings. The predicted molar refractivity (Wildman–Crippen MR) is 130 cm³/mol. The van der Waals surface area contributed by atoms with Crippen molar-refractivity contribution in [1.82, 2.24) is 9.78 Å². The highest BCUT2D eigenvalue weighted by atomic mass is 16.3. The first-order valence-corrected chi connectivity index (χ1v) is 12.1. The molecule has 6 rings (SSSR count). The molecule has 0 bridgehead atoms. The molecular formula is C29H30N2O2. The third-order valence-electron chi connectivity index (χ3n) is 8.58. The molecule has 33 heavy (non-hydrogen) atoms. The van der Waals surface area contributed by atoms with Crippen LogP contribution in [0.2, 0.25) is 0 Å². The standard InChI is InChI=1S/C29H30N2O2/c1-29-13-12-24-23-11-9-22(32)15-19(23)8-10-25(24)26(29)16-20(28(29)33)14-21-17-31(2)30-27(21)18-6-4-3-5-7-18/h3-7,9,11,14-15,17,24-26,32H,8,10,12-13,16H2,1-2H3/t24-,25-,26+,29+/m1/s1. The second kappa shape index (κ2) is 7.44. The van der Waals surface area contributed by atoms with E-state index >= 15 is 0 Å². The van der Waals surface area contributed by atoms with Crippen LogP contribution in [0.25, 0.3) is 17.3 Å². The summed E-state index contributed by atoms with van der Waals surface area (Å²) in [7, 11) is 1.94. The van der Waals surface area contributed by atoms with Gasteiger partial charge in [0.25, 0.3) is 0 Å². The number of carbonyl (C=O) groups is 1. The zero-order valence-corrected chi connectivity index (χ0v) is 19.3. The van der Waals surface area contributed by atoms with Crippen LogP contribution in [0.15, 0.2) is 60.3 Å². The van der Waals surface area contributed by atoms with Crippen LogP contribution in [0.3, 0.4) is 0 Å². The van der Waals surface area contributed by atoms with E-state index in [2.05, 4.69) is 31.2 Å². The molecule has 0 radical (unpaired) electrons. The quantitative estimate of drug-likeness (QED) is 0.506. The molecule has 4 nitrogen and oxygen atoms in total. The number of nitrogens with zero attached hydrogens (tertiary/aromatic N) is 2. The van der Waals surface area contributed by atoms with Gasteiger partial charge < -0.3 is 5.11 Å². The fraction of sp³-hybridized carbons (Fsp3) is 0.379. The largest absolute Gasteiger partial charge is 0.508 e. The van der Waals surface area contributed by atoms with E-state index in [1.807, 2.05) is 48.3 Å². The highest BCUT2D eigenvalue weighted by Gasteiger charge is 2.56. The van der Waals surface area contributed by atoms with Gasteiger partial charge in [-0.1, -0.05) is 43.3 Å². The molecule has 1 aromatic heterocycles. The molecule has 2 saturated carbocycles. The van der Waals surface area contributed by atoms with Crippen molar-refractivity contribution in [3.05, 3.63) is 77.0 Å². The van der Waals surface area contributed by atoms with Crippen molar-refractivity contribution in [2.24, 2.45) is 24.3 Å². The lowest BCUT2D eigenvalue weighted by atomic mass is 9.55. The summed E-state index contributed by atoms with van der Waals surface area (Å²) in [6.07, 6.45) is 9.08. The monoisotopic (exact) mass is 438 g/mol. The minimum atomic E-state index is -0.267. The molecule has 0 unspecified atom stereocenters. The fourth-order valence-corrected chi connectivity index (χ4v) is 6.99. The van der Waals surface area contributed by atoms with Gasteiger partial charge >= 0.3 is 0 Å². The number of rotatable bonds is 2. The van der Waals surface area contributed by atoms with Crippen LogP contribution in [-0.4, -0.2) is 20.7 Å². The Kier molecular flexibility index (Phi) is 4.62. The molecule has 0 amide bonds. The zero-order valence-electron chi connectivity index (χ0n) is 19.3. The number of benzene rings is 2. The van der Waals surface area contributed by atoms with Gasteiger partial charge in [0.2, 0.25) is 0 Å². The lowest BCUT2D eigenvalue weighted by molar-refractivity contribution is -0.127. The van der Waals surface area contributed by atoms with Crippen LogP contribution in [0.1, 0.15) is 55.2 Å². The minimum absolute atomic E-state index is 0.267. The summed E-state index contributed by atoms with van der Waals surface area (Å²) >= 11 is 0. The van der Waals surface area contributed by atoms with Crippen molar-refractivity contribution < 1.29 is 9.90 Å². The van der Waals surface area contributed by atoms with Gasteiger partial charge in [0.05, 0.1) is 5.69 Å². The predicted octanol–water partition coefficient (Wildman–Crippen LogP) is 5.91. The summed E-state index contributed by atoms with van der Waals surface area (Å²) in [6.45, 7) is 2.21. The maximum atomic E-state index is 13.8. The van der Waals surface area contributed by atoms with Gasteiger partial charge in [-0.05, 0) is 84.8 Å². The highest BCUT2D eigenvalue weighted by Crippen LogP contribution is 2.61. The Hall–Kier alpha value is -3.14. The normalized spacial score (nSPS) is 29.6. The number of carbonyl (C=O) groups excluding carboxylic acids is 1. The van der Waals surface area contributed by atoms with Gasteiger partial charge in [-0.2, -0.15) is 5.10 Å². The van der Waals surface area contributed by atoms with Crippen molar-refractivity contribution in [1.29, 1.82) is 0 Å². The zero-order chi connectivity index (χ0) is 22.7. The van der Waals surface area contributed by atoms with Gasteiger partial charge in [0.1, 0.15) is 5.75 Å². The smallest absolute Gasteiger partial charge is 0.165 e. The number of phenolic OH excluding ortho intramolecular Hbond substituents is 1. The van der Waals surface area contributed by atoms with Crippen LogP contribution >= 0.6 is 0 Å². The average Bonchev–Trinajstić information content (AvgIpc) is 3.31. The number of hydrogen-bond acceptors (Lipinski definition) is 3. The number of hydrogen-bond donors (Lipinski definition) is 1. The molecule has 4 atom stereocenters. The van der Waals surface area contributed by atoms with Crippen LogP contribution in [0.4, 0.5) is 0 Å². The molecule has 0 aliphatic heterocycles. The number of aryl methyl sites for hydroxylation is 2. The summed E-state index contributed by atoms with van der Waals surface area (Å²) in [4.78, 5) is 13.8. The molecule has 1 N–H and O–H groups in total. The Morgan fingerprint density at radius 3 is 2.79 bits per heavy atom. The Morgan fingerprint density at radius 2 is 1.97 bits per heavy atom. The Balaban J connectivity index is 1.36. The second-order valence-electron chi connectivity index (χ2n) is 10.4. The molecule has 168 valence electrons. The van der Waals surface area contributed by atoms with Crippen molar-refractivity contribution in [2.75, 3.05) is 0 Å². The molecule has 3 aliphatic carbocycles. The van der Waals surface area contributed by atoms with Gasteiger partial charge in [0, 0.05) is 29.8 Å². The summed E-state index contributed by atoms with van der Waals surface area (Å²) in [6, 6.07) is 16.1. The van der Waals surface area contributed by atoms with E-state index < -0.39 is 0 Å². The molecule has 0 spiro atoms. The third-order valence-corrected chi connectivity index (χ3v) is 8.58. The Labute approximate surface area is 195 Å². The Bertz CT molecular complexity index is 1270. The van der Waals surface area contributed by atoms with E-state index in [-0.39, 0.29) is 5.41 Å². The number of fused-ring (bicyclic) bond motifs is 5. The van der Waals surface area contributed by atoms with Crippen molar-refractivity contribution in [3.63, 3.8) is 0 Å². The van der Waals surface area contributed by atoms with Crippen molar-refractivity contribution >= 4 is 11.9 Å². The highest BCUT2D eigenvalue weighted by molar-refractivity contribution is 6.06. The van der Waals surface area contributed by atoms with Crippen LogP contribution in [0, 0.1) is 17.3 Å². The van der Waals surface area contributed by atoms with E-state index in [0.717, 1.165) is 54.5 Å². The van der Waals surface area contributed by atoms with Gasteiger partial charge in [-0.15, -0.1) is 0 Å². The summed E-state index contributed by atoms with van der Waals surface area (Å²) in [5.74, 6) is 2.11. The van der Waals surface area contributed by atoms with Gasteiger partial charge in [-0.3, -0.25) is 9.48 Å².